The zero-order valence-electron chi connectivity index (χ0n) is 29.9. The van der Waals surface area contributed by atoms with Crippen molar-refractivity contribution in [1.82, 2.24) is 29.5 Å². The summed E-state index contributed by atoms with van der Waals surface area (Å²) in [6.45, 7) is 6.37. The van der Waals surface area contributed by atoms with Gasteiger partial charge in [0.25, 0.3) is 11.8 Å². The SMILES string of the molecule is CN(C)C(=O)c1ccccc1Oc1ccc(-n2ncc(C(O)c3cc4cc(C(=O)N5CCC(N(C)C(=O)OC(C)(C)C)C5)ccc4[nH]3)c2N)c(Cl)c1. The number of benzene rings is 3. The van der Waals surface area contributed by atoms with Crippen molar-refractivity contribution in [3.63, 3.8) is 0 Å². The van der Waals surface area contributed by atoms with Crippen LogP contribution in [0.15, 0.2) is 72.9 Å². The summed E-state index contributed by atoms with van der Waals surface area (Å²) in [6.07, 6.45) is 0.551. The van der Waals surface area contributed by atoms with Gasteiger partial charge in [0, 0.05) is 68.0 Å². The molecule has 6 rings (SSSR count). The van der Waals surface area contributed by atoms with E-state index < -0.39 is 17.8 Å². The highest BCUT2D eigenvalue weighted by atomic mass is 35.5. The monoisotopic (exact) mass is 727 g/mol. The number of aromatic amines is 1. The Labute approximate surface area is 306 Å². The lowest BCUT2D eigenvalue weighted by atomic mass is 10.1. The van der Waals surface area contributed by atoms with Crippen LogP contribution in [0, 0.1) is 0 Å². The predicted octanol–water partition coefficient (Wildman–Crippen LogP) is 6.25. The zero-order valence-corrected chi connectivity index (χ0v) is 30.6. The average Bonchev–Trinajstić information content (AvgIpc) is 3.85. The molecular formula is C38H42ClN7O6. The molecule has 3 amide bonds. The van der Waals surface area contributed by atoms with E-state index in [0.29, 0.717) is 59.1 Å². The highest BCUT2D eigenvalue weighted by Gasteiger charge is 2.33. The number of rotatable bonds is 8. The smallest absolute Gasteiger partial charge is 0.410 e. The Balaban J connectivity index is 1.16. The van der Waals surface area contributed by atoms with Crippen molar-refractivity contribution < 1.29 is 29.0 Å². The number of nitrogen functional groups attached to an aromatic ring is 1. The molecule has 0 aliphatic carbocycles. The summed E-state index contributed by atoms with van der Waals surface area (Å²) in [5, 5.41) is 16.8. The lowest BCUT2D eigenvalue weighted by Crippen LogP contribution is -2.42. The summed E-state index contributed by atoms with van der Waals surface area (Å²) in [6, 6.07) is 18.9. The first-order chi connectivity index (χ1) is 24.6. The number of aromatic nitrogens is 3. The van der Waals surface area contributed by atoms with Crippen LogP contribution in [0.2, 0.25) is 5.02 Å². The van der Waals surface area contributed by atoms with Gasteiger partial charge < -0.3 is 40.0 Å². The van der Waals surface area contributed by atoms with Gasteiger partial charge in [-0.1, -0.05) is 23.7 Å². The predicted molar refractivity (Wildman–Crippen MR) is 198 cm³/mol. The van der Waals surface area contributed by atoms with Crippen LogP contribution in [-0.2, 0) is 4.74 Å². The third-order valence-corrected chi connectivity index (χ3v) is 9.20. The lowest BCUT2D eigenvalue weighted by Gasteiger charge is -2.28. The molecule has 3 aromatic carbocycles. The topological polar surface area (TPSA) is 159 Å². The first-order valence-corrected chi connectivity index (χ1v) is 17.2. The van der Waals surface area contributed by atoms with Crippen molar-refractivity contribution in [2.75, 3.05) is 40.0 Å². The number of nitrogens with zero attached hydrogens (tertiary/aromatic N) is 5. The van der Waals surface area contributed by atoms with Crippen LogP contribution in [0.1, 0.15) is 65.3 Å². The van der Waals surface area contributed by atoms with E-state index in [1.54, 1.807) is 97.7 Å². The summed E-state index contributed by atoms with van der Waals surface area (Å²) in [7, 11) is 5.03. The number of likely N-dealkylation sites (tertiary alicyclic amines) is 1. The minimum Gasteiger partial charge on any atom is -0.456 e. The molecule has 0 bridgehead atoms. The fourth-order valence-electron chi connectivity index (χ4n) is 6.11. The number of carbonyl (C=O) groups is 3. The Morgan fingerprint density at radius 1 is 1.06 bits per heavy atom. The van der Waals surface area contributed by atoms with Crippen LogP contribution in [0.3, 0.4) is 0 Å². The molecule has 1 fully saturated rings. The molecule has 272 valence electrons. The zero-order chi connectivity index (χ0) is 37.5. The Kier molecular flexibility index (Phi) is 9.93. The second-order valence-corrected chi connectivity index (χ2v) is 14.4. The molecule has 2 unspecified atom stereocenters. The number of fused-ring (bicyclic) bond motifs is 1. The first-order valence-electron chi connectivity index (χ1n) is 16.8. The minimum atomic E-state index is -1.16. The fraction of sp³-hybridized carbons (Fsp3) is 0.316. The van der Waals surface area contributed by atoms with Gasteiger partial charge in [-0.05, 0) is 75.7 Å². The van der Waals surface area contributed by atoms with Crippen LogP contribution >= 0.6 is 11.6 Å². The van der Waals surface area contributed by atoms with E-state index >= 15 is 0 Å². The summed E-state index contributed by atoms with van der Waals surface area (Å²) in [4.78, 5) is 46.7. The van der Waals surface area contributed by atoms with Gasteiger partial charge in [0.2, 0.25) is 0 Å². The van der Waals surface area contributed by atoms with Gasteiger partial charge in [0.1, 0.15) is 29.0 Å². The normalized spacial score (nSPS) is 15.1. The number of nitrogens with one attached hydrogen (secondary N) is 1. The number of aliphatic hydroxyl groups excluding tert-OH is 1. The van der Waals surface area contributed by atoms with E-state index in [-0.39, 0.29) is 28.7 Å². The highest BCUT2D eigenvalue weighted by molar-refractivity contribution is 6.32. The molecule has 52 heavy (non-hydrogen) atoms. The molecule has 14 heteroatoms. The van der Waals surface area contributed by atoms with Gasteiger partial charge >= 0.3 is 6.09 Å². The van der Waals surface area contributed by atoms with Crippen LogP contribution in [0.25, 0.3) is 16.6 Å². The molecule has 4 N–H and O–H groups in total. The Bertz CT molecular complexity index is 2150. The van der Waals surface area contributed by atoms with E-state index in [2.05, 4.69) is 10.1 Å². The maximum absolute atomic E-state index is 13.5. The van der Waals surface area contributed by atoms with Gasteiger partial charge in [0.05, 0.1) is 28.5 Å². The highest BCUT2D eigenvalue weighted by Crippen LogP contribution is 2.35. The molecule has 1 aliphatic rings. The summed E-state index contributed by atoms with van der Waals surface area (Å²) < 4.78 is 12.9. The number of halogens is 1. The third-order valence-electron chi connectivity index (χ3n) is 8.89. The Hall–Kier alpha value is -5.53. The van der Waals surface area contributed by atoms with Gasteiger partial charge in [-0.15, -0.1) is 0 Å². The first kappa shape index (κ1) is 36.3. The van der Waals surface area contributed by atoms with E-state index in [0.717, 1.165) is 10.9 Å². The van der Waals surface area contributed by atoms with Crippen molar-refractivity contribution in [2.45, 2.75) is 44.9 Å². The number of nitrogens with two attached hydrogens (primary N) is 1. The minimum absolute atomic E-state index is 0.143. The average molecular weight is 728 g/mol. The molecule has 0 radical (unpaired) electrons. The number of para-hydroxylation sites is 1. The maximum Gasteiger partial charge on any atom is 0.410 e. The molecule has 3 heterocycles. The molecule has 5 aromatic rings. The van der Waals surface area contributed by atoms with Crippen LogP contribution in [0.5, 0.6) is 11.5 Å². The lowest BCUT2D eigenvalue weighted by molar-refractivity contribution is 0.0226. The van der Waals surface area contributed by atoms with Crippen LogP contribution in [-0.4, -0.2) is 98.4 Å². The molecular weight excluding hydrogens is 686 g/mol. The van der Waals surface area contributed by atoms with Crippen molar-refractivity contribution in [3.8, 4) is 17.2 Å². The Morgan fingerprint density at radius 3 is 2.52 bits per heavy atom. The molecule has 1 aliphatic heterocycles. The largest absolute Gasteiger partial charge is 0.456 e. The van der Waals surface area contributed by atoms with Gasteiger partial charge in [-0.3, -0.25) is 9.59 Å². The molecule has 13 nitrogen and oxygen atoms in total. The Morgan fingerprint density at radius 2 is 1.81 bits per heavy atom. The van der Waals surface area contributed by atoms with Crippen molar-refractivity contribution in [2.24, 2.45) is 0 Å². The van der Waals surface area contributed by atoms with E-state index in [4.69, 9.17) is 26.8 Å². The van der Waals surface area contributed by atoms with Gasteiger partial charge in [-0.2, -0.15) is 5.10 Å². The van der Waals surface area contributed by atoms with Crippen molar-refractivity contribution in [1.29, 1.82) is 0 Å². The summed E-state index contributed by atoms with van der Waals surface area (Å²) in [5.41, 5.74) is 8.82. The molecule has 0 saturated carbocycles. The standard InChI is InChI=1S/C38H42ClN7O6/c1-38(2,3)52-37(50)44(6)24-15-16-45(21-24)35(48)22-11-13-29-23(17-22)18-30(42-29)33(47)27-20-41-46(34(27)40)31-14-12-25(19-28(31)39)51-32-10-8-7-9-26(32)36(49)43(4)5/h7-14,17-20,24,33,42,47H,15-16,21,40H2,1-6H3. The molecule has 2 aromatic heterocycles. The quantitative estimate of drug-likeness (QED) is 0.169. The molecule has 1 saturated heterocycles. The second kappa shape index (κ2) is 14.2. The maximum atomic E-state index is 13.5. The van der Waals surface area contributed by atoms with Crippen molar-refractivity contribution in [3.05, 3.63) is 100 Å². The van der Waals surface area contributed by atoms with E-state index in [1.165, 1.54) is 15.8 Å². The third kappa shape index (κ3) is 7.41. The fourth-order valence-corrected chi connectivity index (χ4v) is 6.36. The number of anilines is 1. The molecule has 2 atom stereocenters. The number of hydrogen-bond donors (Lipinski definition) is 3. The van der Waals surface area contributed by atoms with E-state index in [9.17, 15) is 19.5 Å². The summed E-state index contributed by atoms with van der Waals surface area (Å²) >= 11 is 6.67. The number of hydrogen-bond acceptors (Lipinski definition) is 8. The van der Waals surface area contributed by atoms with Crippen LogP contribution < -0.4 is 10.5 Å². The van der Waals surface area contributed by atoms with E-state index in [1.807, 2.05) is 20.8 Å². The number of aliphatic hydroxyl groups is 1. The number of ether oxygens (including phenoxy) is 2. The number of amides is 3. The number of H-pyrrole nitrogens is 1. The van der Waals surface area contributed by atoms with Crippen molar-refractivity contribution >= 4 is 46.2 Å². The molecule has 0 spiro atoms. The van der Waals surface area contributed by atoms with Gasteiger partial charge in [-0.25, -0.2) is 9.48 Å². The number of carbonyl (C=O) groups excluding carboxylic acids is 3. The van der Waals surface area contributed by atoms with Crippen LogP contribution in [0.4, 0.5) is 10.6 Å². The van der Waals surface area contributed by atoms with Gasteiger partial charge in [0.15, 0.2) is 0 Å². The second-order valence-electron chi connectivity index (χ2n) is 14.0. The number of likely N-dealkylation sites (N-methyl/N-ethyl adjacent to an activating group) is 1. The summed E-state index contributed by atoms with van der Waals surface area (Å²) in [5.74, 6) is 0.637.